The first-order valence-electron chi connectivity index (χ1n) is 22.9. The molecule has 65 heavy (non-hydrogen) atoms. The second-order valence-electron chi connectivity index (χ2n) is 17.8. The Morgan fingerprint density at radius 2 is 1.32 bits per heavy atom. The number of hydrogen-bond acceptors (Lipinski definition) is 3. The fourth-order valence-corrected chi connectivity index (χ4v) is 12.5. The zero-order valence-corrected chi connectivity index (χ0v) is 36.5. The number of para-hydroxylation sites is 2. The van der Waals surface area contributed by atoms with Crippen LogP contribution in [0, 0.1) is 0 Å². The maximum Gasteiger partial charge on any atom is 0.235 e. The number of benzene rings is 7. The van der Waals surface area contributed by atoms with Crippen molar-refractivity contribution in [2.75, 3.05) is 0 Å². The highest BCUT2D eigenvalue weighted by atomic mass is 32.1. The summed E-state index contributed by atoms with van der Waals surface area (Å²) in [6, 6.07) is 56.1. The van der Waals surface area contributed by atoms with Crippen LogP contribution < -0.4 is 0 Å². The van der Waals surface area contributed by atoms with Gasteiger partial charge < -0.3 is 4.57 Å². The van der Waals surface area contributed by atoms with E-state index in [1.165, 1.54) is 86.5 Å². The van der Waals surface area contributed by atoms with E-state index >= 15 is 0 Å². The van der Waals surface area contributed by atoms with Crippen LogP contribution in [0.4, 0.5) is 0 Å². The molecule has 1 atom stereocenters. The molecular weight excluding hydrogens is 809 g/mol. The first kappa shape index (κ1) is 36.8. The second-order valence-corrected chi connectivity index (χ2v) is 18.9. The molecule has 0 radical (unpaired) electrons. The van der Waals surface area contributed by atoms with Crippen LogP contribution in [-0.4, -0.2) is 19.1 Å². The molecule has 1 unspecified atom stereocenters. The zero-order valence-electron chi connectivity index (χ0n) is 35.7. The van der Waals surface area contributed by atoms with Crippen molar-refractivity contribution in [2.24, 2.45) is 0 Å². The number of nitrogens with zero attached hydrogens (tertiary/aromatic N) is 4. The lowest BCUT2D eigenvalue weighted by Crippen LogP contribution is -2.15. The number of aryl methyl sites for hydroxylation is 3. The molecule has 0 saturated carbocycles. The van der Waals surface area contributed by atoms with Crippen LogP contribution in [0.25, 0.3) is 104 Å². The van der Waals surface area contributed by atoms with E-state index in [0.29, 0.717) is 0 Å². The van der Waals surface area contributed by atoms with Gasteiger partial charge in [0.25, 0.3) is 0 Å². The minimum Gasteiger partial charge on any atom is -0.309 e. The summed E-state index contributed by atoms with van der Waals surface area (Å²) in [7, 11) is 0. The van der Waals surface area contributed by atoms with E-state index in [1.54, 1.807) is 0 Å². The second kappa shape index (κ2) is 14.5. The van der Waals surface area contributed by atoms with Gasteiger partial charge in [-0.2, -0.15) is 0 Å². The molecule has 0 N–H and O–H groups in total. The third-order valence-electron chi connectivity index (χ3n) is 14.2. The molecule has 11 aromatic rings. The molecule has 4 aromatic heterocycles. The van der Waals surface area contributed by atoms with Crippen LogP contribution >= 0.6 is 11.3 Å². The molecule has 4 heterocycles. The summed E-state index contributed by atoms with van der Waals surface area (Å²) in [6.45, 7) is 0. The maximum absolute atomic E-state index is 5.78. The van der Waals surface area contributed by atoms with Crippen molar-refractivity contribution >= 4 is 71.8 Å². The predicted octanol–water partition coefficient (Wildman–Crippen LogP) is 15.5. The van der Waals surface area contributed by atoms with Gasteiger partial charge in [0.05, 0.1) is 33.5 Å². The Morgan fingerprint density at radius 1 is 0.554 bits per heavy atom. The topological polar surface area (TPSA) is 35.6 Å². The van der Waals surface area contributed by atoms with Crippen molar-refractivity contribution in [3.63, 3.8) is 0 Å². The summed E-state index contributed by atoms with van der Waals surface area (Å²) in [4.78, 5) is 14.1. The van der Waals surface area contributed by atoms with Gasteiger partial charge in [0.15, 0.2) is 0 Å². The van der Waals surface area contributed by atoms with E-state index in [2.05, 4.69) is 197 Å². The number of aromatic nitrogens is 4. The maximum atomic E-state index is 5.78. The minimum atomic E-state index is 0.142. The average molecular weight is 851 g/mol. The molecule has 3 aliphatic carbocycles. The van der Waals surface area contributed by atoms with Crippen molar-refractivity contribution in [2.45, 2.75) is 38.0 Å². The van der Waals surface area contributed by atoms with Gasteiger partial charge in [-0.15, -0.1) is 11.3 Å². The van der Waals surface area contributed by atoms with Crippen molar-refractivity contribution in [3.05, 3.63) is 210 Å². The van der Waals surface area contributed by atoms with Gasteiger partial charge in [0, 0.05) is 53.9 Å². The van der Waals surface area contributed by atoms with Gasteiger partial charge in [-0.3, -0.25) is 4.57 Å². The van der Waals surface area contributed by atoms with Crippen molar-refractivity contribution in [1.29, 1.82) is 0 Å². The van der Waals surface area contributed by atoms with E-state index < -0.39 is 0 Å². The van der Waals surface area contributed by atoms with Crippen molar-refractivity contribution < 1.29 is 0 Å². The Labute approximate surface area is 380 Å². The molecule has 4 nitrogen and oxygen atoms in total. The van der Waals surface area contributed by atoms with Crippen LogP contribution in [0.15, 0.2) is 182 Å². The smallest absolute Gasteiger partial charge is 0.235 e. The minimum absolute atomic E-state index is 0.142. The molecule has 14 rings (SSSR count). The van der Waals surface area contributed by atoms with E-state index in [-0.39, 0.29) is 5.92 Å². The Kier molecular flexibility index (Phi) is 8.20. The van der Waals surface area contributed by atoms with Crippen LogP contribution in [-0.2, 0) is 19.3 Å². The molecule has 308 valence electrons. The molecule has 0 spiro atoms. The number of fused-ring (bicyclic) bond motifs is 12. The first-order valence-corrected chi connectivity index (χ1v) is 23.8. The summed E-state index contributed by atoms with van der Waals surface area (Å²) in [6.07, 6.45) is 18.6. The quantitative estimate of drug-likeness (QED) is 0.173. The number of allylic oxidation sites excluding steroid dienone is 5. The van der Waals surface area contributed by atoms with Gasteiger partial charge in [-0.05, 0) is 107 Å². The average Bonchev–Trinajstić information content (AvgIpc) is 4.06. The molecule has 7 aromatic carbocycles. The van der Waals surface area contributed by atoms with Gasteiger partial charge in [-0.25, -0.2) is 9.97 Å². The predicted molar refractivity (Wildman–Crippen MR) is 273 cm³/mol. The molecule has 5 heteroatoms. The molecule has 0 bridgehead atoms. The molecule has 0 fully saturated rings. The summed E-state index contributed by atoms with van der Waals surface area (Å²) in [5, 5.41) is 7.31. The Balaban J connectivity index is 1.000. The van der Waals surface area contributed by atoms with Gasteiger partial charge in [-0.1, -0.05) is 152 Å². The summed E-state index contributed by atoms with van der Waals surface area (Å²) < 4.78 is 4.79. The van der Waals surface area contributed by atoms with Crippen LogP contribution in [0.5, 0.6) is 0 Å². The first-order chi connectivity index (χ1) is 32.2. The van der Waals surface area contributed by atoms with Crippen molar-refractivity contribution in [3.8, 4) is 43.6 Å². The fraction of sp³-hybridized carbons (Fsp3) is 0.100. The van der Waals surface area contributed by atoms with Crippen LogP contribution in [0.1, 0.15) is 46.8 Å². The summed E-state index contributed by atoms with van der Waals surface area (Å²) in [5.74, 6) is 0.889. The molecule has 0 saturated heterocycles. The van der Waals surface area contributed by atoms with Gasteiger partial charge >= 0.3 is 0 Å². The Morgan fingerprint density at radius 3 is 2.18 bits per heavy atom. The van der Waals surface area contributed by atoms with E-state index in [0.717, 1.165) is 71.7 Å². The zero-order chi connectivity index (χ0) is 42.6. The number of hydrogen-bond donors (Lipinski definition) is 0. The normalized spacial score (nSPS) is 15.4. The Hall–Kier alpha value is -7.60. The van der Waals surface area contributed by atoms with Crippen LogP contribution in [0.3, 0.4) is 0 Å². The highest BCUT2D eigenvalue weighted by molar-refractivity contribution is 7.19. The SMILES string of the molecule is C1=CCC(c2nc(-n3c4cc(-c5ccc6c7ccccc7n(-c7ccccc7)c6c5)ccc4c4ccc5ccccc5c43)nc3c2-c2sc(-c4cccc5c4C=CCC5)cc2CC3)C=C1. The fourth-order valence-electron chi connectivity index (χ4n) is 11.2. The highest BCUT2D eigenvalue weighted by Crippen LogP contribution is 2.48. The molecule has 0 aliphatic heterocycles. The summed E-state index contributed by atoms with van der Waals surface area (Å²) in [5.41, 5.74) is 17.2. The number of rotatable bonds is 5. The standard InChI is InChI=1S/C60H42N4S/c1-3-16-39(17-4-1)57-56-51(33-29-42-36-55(65-59(42)56)49-24-13-18-37-14-7-9-21-44(37)49)61-60(62-57)64-54-35-41(28-31-48(54)50-32-26-38-15-8-10-22-45(38)58(50)64)40-27-30-47-46-23-11-12-25-52(46)63(53(47)34-40)43-19-5-2-6-20-43/h1-6,8-13,15-16,18-28,30-32,34-36,39H,7,14,17,29,33H2. The van der Waals surface area contributed by atoms with Gasteiger partial charge in [0.2, 0.25) is 5.95 Å². The molecular formula is C60H42N4S. The molecule has 0 amide bonds. The molecule has 3 aliphatic rings. The van der Waals surface area contributed by atoms with Crippen LogP contribution in [0.2, 0.25) is 0 Å². The monoisotopic (exact) mass is 850 g/mol. The van der Waals surface area contributed by atoms with E-state index in [9.17, 15) is 0 Å². The summed E-state index contributed by atoms with van der Waals surface area (Å²) >= 11 is 1.93. The van der Waals surface area contributed by atoms with Gasteiger partial charge in [0.1, 0.15) is 0 Å². The Bertz CT molecular complexity index is 3870. The van der Waals surface area contributed by atoms with E-state index in [1.807, 2.05) is 11.3 Å². The lowest BCUT2D eigenvalue weighted by atomic mass is 9.87. The third-order valence-corrected chi connectivity index (χ3v) is 15.4. The highest BCUT2D eigenvalue weighted by Gasteiger charge is 2.30. The lowest BCUT2D eigenvalue weighted by molar-refractivity contribution is 0.775. The number of thiophene rings is 1. The lowest BCUT2D eigenvalue weighted by Gasteiger charge is -2.24. The van der Waals surface area contributed by atoms with E-state index in [4.69, 9.17) is 9.97 Å². The third kappa shape index (κ3) is 5.68. The van der Waals surface area contributed by atoms with Crippen molar-refractivity contribution in [1.82, 2.24) is 19.1 Å². The largest absolute Gasteiger partial charge is 0.309 e.